The Kier molecular flexibility index (Phi) is 7.93. The van der Waals surface area contributed by atoms with E-state index in [4.69, 9.17) is 17.3 Å². The van der Waals surface area contributed by atoms with Crippen LogP contribution in [0.1, 0.15) is 42.4 Å². The maximum Gasteiger partial charge on any atom is 0.229 e. The SMILES string of the molecule is NCc1ccc(CNc2nc(NCc3ccc(Cl)cc3)nc(NC3CCCCC3O)n2)cc1. The largest absolute Gasteiger partial charge is 0.391 e. The molecule has 6 N–H and O–H groups in total. The zero-order valence-corrected chi connectivity index (χ0v) is 19.2. The number of nitrogens with two attached hydrogens (primary N) is 1. The maximum atomic E-state index is 10.4. The van der Waals surface area contributed by atoms with E-state index in [0.29, 0.717) is 42.5 Å². The molecule has 0 spiro atoms. The smallest absolute Gasteiger partial charge is 0.229 e. The summed E-state index contributed by atoms with van der Waals surface area (Å²) >= 11 is 5.98. The average molecular weight is 468 g/mol. The van der Waals surface area contributed by atoms with Gasteiger partial charge in [-0.25, -0.2) is 0 Å². The zero-order valence-electron chi connectivity index (χ0n) is 18.5. The second-order valence-corrected chi connectivity index (χ2v) is 8.70. The topological polar surface area (TPSA) is 121 Å². The first-order valence-corrected chi connectivity index (χ1v) is 11.7. The van der Waals surface area contributed by atoms with Gasteiger partial charge >= 0.3 is 0 Å². The molecule has 2 aromatic carbocycles. The summed E-state index contributed by atoms with van der Waals surface area (Å²) < 4.78 is 0. The number of anilines is 3. The minimum absolute atomic E-state index is 0.0677. The Morgan fingerprint density at radius 3 is 1.88 bits per heavy atom. The molecule has 0 saturated heterocycles. The molecule has 3 aromatic rings. The Balaban J connectivity index is 1.48. The van der Waals surface area contributed by atoms with Gasteiger partial charge in [0.25, 0.3) is 0 Å². The van der Waals surface area contributed by atoms with Gasteiger partial charge in [0.05, 0.1) is 12.1 Å². The molecule has 2 atom stereocenters. The number of hydrogen-bond donors (Lipinski definition) is 5. The lowest BCUT2D eigenvalue weighted by molar-refractivity contribution is 0.116. The van der Waals surface area contributed by atoms with Crippen LogP contribution < -0.4 is 21.7 Å². The molecule has 8 nitrogen and oxygen atoms in total. The van der Waals surface area contributed by atoms with Crippen molar-refractivity contribution in [2.24, 2.45) is 5.73 Å². The molecule has 0 radical (unpaired) electrons. The first kappa shape index (κ1) is 23.2. The molecule has 1 aliphatic carbocycles. The van der Waals surface area contributed by atoms with E-state index in [-0.39, 0.29) is 6.04 Å². The molecule has 174 valence electrons. The van der Waals surface area contributed by atoms with E-state index in [9.17, 15) is 5.11 Å². The van der Waals surface area contributed by atoms with Gasteiger partial charge in [-0.1, -0.05) is 60.8 Å². The highest BCUT2D eigenvalue weighted by Crippen LogP contribution is 2.22. The molecule has 2 unspecified atom stereocenters. The molecule has 0 amide bonds. The van der Waals surface area contributed by atoms with Crippen molar-refractivity contribution < 1.29 is 5.11 Å². The number of nitrogens with zero attached hydrogens (tertiary/aromatic N) is 3. The summed E-state index contributed by atoms with van der Waals surface area (Å²) in [6, 6.07) is 15.7. The fourth-order valence-corrected chi connectivity index (χ4v) is 3.93. The summed E-state index contributed by atoms with van der Waals surface area (Å²) in [5.41, 5.74) is 8.93. The summed E-state index contributed by atoms with van der Waals surface area (Å²) in [5.74, 6) is 1.35. The van der Waals surface area contributed by atoms with Crippen LogP contribution in [0.5, 0.6) is 0 Å². The Hall–Kier alpha value is -2.94. The van der Waals surface area contributed by atoms with E-state index in [2.05, 4.69) is 30.9 Å². The van der Waals surface area contributed by atoms with Gasteiger partial charge in [-0.15, -0.1) is 0 Å². The summed E-state index contributed by atoms with van der Waals surface area (Å²) in [7, 11) is 0. The van der Waals surface area contributed by atoms with Gasteiger partial charge in [-0.2, -0.15) is 15.0 Å². The van der Waals surface area contributed by atoms with Crippen LogP contribution in [0, 0.1) is 0 Å². The van der Waals surface area contributed by atoms with Crippen molar-refractivity contribution in [3.63, 3.8) is 0 Å². The summed E-state index contributed by atoms with van der Waals surface area (Å²) in [6.07, 6.45) is 3.38. The Morgan fingerprint density at radius 1 is 0.788 bits per heavy atom. The van der Waals surface area contributed by atoms with E-state index in [1.165, 1.54) is 0 Å². The summed E-state index contributed by atoms with van der Waals surface area (Å²) in [4.78, 5) is 13.6. The molecule has 1 heterocycles. The summed E-state index contributed by atoms with van der Waals surface area (Å²) in [6.45, 7) is 1.63. The van der Waals surface area contributed by atoms with Crippen LogP contribution in [-0.2, 0) is 19.6 Å². The van der Waals surface area contributed by atoms with Crippen molar-refractivity contribution in [3.05, 3.63) is 70.2 Å². The van der Waals surface area contributed by atoms with E-state index in [0.717, 1.165) is 42.4 Å². The minimum Gasteiger partial charge on any atom is -0.391 e. The number of aliphatic hydroxyl groups excluding tert-OH is 1. The molecule has 0 aliphatic heterocycles. The van der Waals surface area contributed by atoms with Crippen molar-refractivity contribution in [1.29, 1.82) is 0 Å². The molecule has 9 heteroatoms. The molecular weight excluding hydrogens is 438 g/mol. The lowest BCUT2D eigenvalue weighted by atomic mass is 9.93. The highest BCUT2D eigenvalue weighted by molar-refractivity contribution is 6.30. The number of benzene rings is 2. The predicted octanol–water partition coefficient (Wildman–Crippen LogP) is 3.92. The second kappa shape index (κ2) is 11.3. The van der Waals surface area contributed by atoms with E-state index in [1.807, 2.05) is 48.5 Å². The van der Waals surface area contributed by atoms with Crippen LogP contribution in [0.4, 0.5) is 17.8 Å². The van der Waals surface area contributed by atoms with Crippen LogP contribution in [-0.4, -0.2) is 32.2 Å². The quantitative estimate of drug-likeness (QED) is 0.321. The van der Waals surface area contributed by atoms with Crippen molar-refractivity contribution in [2.45, 2.75) is 57.5 Å². The standard InChI is InChI=1S/C24H30ClN7O/c25-19-11-9-18(10-12-19)15-28-23-30-22(27-14-17-7-5-16(13-26)6-8-17)31-24(32-23)29-20-3-1-2-4-21(20)33/h5-12,20-21,33H,1-4,13-15,26H2,(H3,27,28,29,30,31,32). The molecule has 4 rings (SSSR count). The molecule has 1 saturated carbocycles. The van der Waals surface area contributed by atoms with E-state index in [1.54, 1.807) is 0 Å². The number of aliphatic hydroxyl groups is 1. The Labute approximate surface area is 199 Å². The number of nitrogens with one attached hydrogen (secondary N) is 3. The lowest BCUT2D eigenvalue weighted by Gasteiger charge is -2.28. The van der Waals surface area contributed by atoms with Gasteiger partial charge in [0.15, 0.2) is 0 Å². The fraction of sp³-hybridized carbons (Fsp3) is 0.375. The van der Waals surface area contributed by atoms with Gasteiger partial charge in [0, 0.05) is 24.7 Å². The van der Waals surface area contributed by atoms with Gasteiger partial charge in [-0.3, -0.25) is 0 Å². The fourth-order valence-electron chi connectivity index (χ4n) is 3.80. The maximum absolute atomic E-state index is 10.4. The second-order valence-electron chi connectivity index (χ2n) is 8.26. The normalized spacial score (nSPS) is 18.0. The van der Waals surface area contributed by atoms with Gasteiger partial charge in [0.2, 0.25) is 17.8 Å². The minimum atomic E-state index is -0.404. The van der Waals surface area contributed by atoms with E-state index >= 15 is 0 Å². The molecule has 1 aromatic heterocycles. The Morgan fingerprint density at radius 2 is 1.30 bits per heavy atom. The molecular formula is C24H30ClN7O. The number of hydrogen-bond acceptors (Lipinski definition) is 8. The number of aromatic nitrogens is 3. The lowest BCUT2D eigenvalue weighted by Crippen LogP contribution is -2.37. The number of halogens is 1. The van der Waals surface area contributed by atoms with Crippen LogP contribution >= 0.6 is 11.6 Å². The third-order valence-electron chi connectivity index (χ3n) is 5.75. The summed E-state index contributed by atoms with van der Waals surface area (Å²) in [5, 5.41) is 20.9. The van der Waals surface area contributed by atoms with Crippen LogP contribution in [0.2, 0.25) is 5.02 Å². The molecule has 0 bridgehead atoms. The van der Waals surface area contributed by atoms with E-state index < -0.39 is 6.10 Å². The van der Waals surface area contributed by atoms with Crippen LogP contribution in [0.25, 0.3) is 0 Å². The van der Waals surface area contributed by atoms with Crippen LogP contribution in [0.3, 0.4) is 0 Å². The van der Waals surface area contributed by atoms with Gasteiger partial charge in [-0.05, 0) is 41.7 Å². The van der Waals surface area contributed by atoms with Crippen LogP contribution in [0.15, 0.2) is 48.5 Å². The molecule has 1 aliphatic rings. The molecule has 33 heavy (non-hydrogen) atoms. The zero-order chi connectivity index (χ0) is 23.0. The van der Waals surface area contributed by atoms with Gasteiger partial charge in [0.1, 0.15) is 0 Å². The van der Waals surface area contributed by atoms with Gasteiger partial charge < -0.3 is 26.8 Å². The van der Waals surface area contributed by atoms with Crippen molar-refractivity contribution in [3.8, 4) is 0 Å². The molecule has 1 fully saturated rings. The highest BCUT2D eigenvalue weighted by Gasteiger charge is 2.24. The third kappa shape index (κ3) is 6.77. The third-order valence-corrected chi connectivity index (χ3v) is 6.00. The van der Waals surface area contributed by atoms with Crippen molar-refractivity contribution in [1.82, 2.24) is 15.0 Å². The predicted molar refractivity (Wildman–Crippen MR) is 132 cm³/mol. The average Bonchev–Trinajstić information content (AvgIpc) is 2.84. The first-order valence-electron chi connectivity index (χ1n) is 11.3. The van der Waals surface area contributed by atoms with Crippen molar-refractivity contribution >= 4 is 29.4 Å². The highest BCUT2D eigenvalue weighted by atomic mass is 35.5. The first-order chi connectivity index (χ1) is 16.1. The monoisotopic (exact) mass is 467 g/mol. The van der Waals surface area contributed by atoms with Crippen molar-refractivity contribution in [2.75, 3.05) is 16.0 Å². The Bertz CT molecular complexity index is 1030. The number of rotatable bonds is 9.